The lowest BCUT2D eigenvalue weighted by atomic mass is 10.1. The van der Waals surface area contributed by atoms with E-state index in [4.69, 9.17) is 11.6 Å². The third-order valence-electron chi connectivity index (χ3n) is 6.02. The molecule has 0 aliphatic heterocycles. The molecule has 190 valence electrons. The van der Waals surface area contributed by atoms with Crippen molar-refractivity contribution in [2.24, 2.45) is 0 Å². The van der Waals surface area contributed by atoms with E-state index in [0.29, 0.717) is 40.7 Å². The van der Waals surface area contributed by atoms with E-state index in [1.807, 2.05) is 0 Å². The standard InChI is InChI=1S/C25H19ClF3N5O3/c26-18-6-4-14(11-31-23(36)24(37)8-9-24)10-16(18)22(35)33-19-2-1-3-20-17(19)13-32-34(20)15-5-7-21(30-12-15)25(27,28)29/h1-7,10,12-13,37H,8-9,11H2,(H,31,36)(H,33,35). The summed E-state index contributed by atoms with van der Waals surface area (Å²) in [6.07, 6.45) is -1.15. The van der Waals surface area contributed by atoms with Crippen LogP contribution < -0.4 is 10.6 Å². The number of hydrogen-bond donors (Lipinski definition) is 3. The summed E-state index contributed by atoms with van der Waals surface area (Å²) in [5.74, 6) is -0.962. The largest absolute Gasteiger partial charge is 0.433 e. The molecular weight excluding hydrogens is 511 g/mol. The number of aliphatic hydroxyl groups is 1. The van der Waals surface area contributed by atoms with Gasteiger partial charge < -0.3 is 15.7 Å². The van der Waals surface area contributed by atoms with Gasteiger partial charge in [-0.2, -0.15) is 18.3 Å². The lowest BCUT2D eigenvalue weighted by Crippen LogP contribution is -2.35. The molecular formula is C25H19ClF3N5O3. The molecule has 1 saturated carbocycles. The first-order chi connectivity index (χ1) is 17.5. The molecule has 12 heteroatoms. The molecule has 1 fully saturated rings. The van der Waals surface area contributed by atoms with E-state index in [1.165, 1.54) is 16.9 Å². The normalized spacial score (nSPS) is 14.4. The molecule has 0 atom stereocenters. The van der Waals surface area contributed by atoms with Crippen LogP contribution >= 0.6 is 11.6 Å². The number of rotatable bonds is 6. The minimum Gasteiger partial charge on any atom is -0.380 e. The molecule has 0 unspecified atom stereocenters. The van der Waals surface area contributed by atoms with Gasteiger partial charge in [0.2, 0.25) is 0 Å². The summed E-state index contributed by atoms with van der Waals surface area (Å²) in [4.78, 5) is 28.5. The minimum atomic E-state index is -4.55. The first kappa shape index (κ1) is 24.7. The van der Waals surface area contributed by atoms with Gasteiger partial charge in [0.1, 0.15) is 11.3 Å². The lowest BCUT2D eigenvalue weighted by Gasteiger charge is -2.12. The van der Waals surface area contributed by atoms with Crippen molar-refractivity contribution < 1.29 is 27.9 Å². The average molecular weight is 530 g/mol. The van der Waals surface area contributed by atoms with Crippen LogP contribution in [0.4, 0.5) is 18.9 Å². The Balaban J connectivity index is 1.36. The van der Waals surface area contributed by atoms with Gasteiger partial charge in [0, 0.05) is 11.9 Å². The van der Waals surface area contributed by atoms with E-state index in [-0.39, 0.29) is 17.1 Å². The number of carbonyl (C=O) groups excluding carboxylic acids is 2. The van der Waals surface area contributed by atoms with E-state index in [1.54, 1.807) is 36.4 Å². The highest BCUT2D eigenvalue weighted by atomic mass is 35.5. The van der Waals surface area contributed by atoms with Gasteiger partial charge in [-0.1, -0.05) is 23.7 Å². The third-order valence-corrected chi connectivity index (χ3v) is 6.35. The second kappa shape index (κ2) is 9.16. The molecule has 4 aromatic rings. The van der Waals surface area contributed by atoms with Crippen molar-refractivity contribution in [3.05, 3.63) is 82.8 Å². The number of halogens is 4. The van der Waals surface area contributed by atoms with Crippen molar-refractivity contribution in [1.82, 2.24) is 20.1 Å². The first-order valence-corrected chi connectivity index (χ1v) is 11.5. The van der Waals surface area contributed by atoms with Crippen molar-refractivity contribution in [3.63, 3.8) is 0 Å². The second-order valence-corrected chi connectivity index (χ2v) is 9.08. The summed E-state index contributed by atoms with van der Waals surface area (Å²) in [6, 6.07) is 11.9. The highest BCUT2D eigenvalue weighted by Crippen LogP contribution is 2.35. The van der Waals surface area contributed by atoms with Gasteiger partial charge >= 0.3 is 6.18 Å². The predicted molar refractivity (Wildman–Crippen MR) is 129 cm³/mol. The molecule has 2 amide bonds. The molecule has 8 nitrogen and oxygen atoms in total. The zero-order valence-corrected chi connectivity index (χ0v) is 19.8. The van der Waals surface area contributed by atoms with Crippen molar-refractivity contribution in [3.8, 4) is 5.69 Å². The Kier molecular flexibility index (Phi) is 6.12. The predicted octanol–water partition coefficient (Wildman–Crippen LogP) is 4.49. The van der Waals surface area contributed by atoms with E-state index in [2.05, 4.69) is 20.7 Å². The SMILES string of the molecule is O=C(Nc1cccc2c1cnn2-c1ccc(C(F)(F)F)nc1)c1cc(CNC(=O)C2(O)CC2)ccc1Cl. The molecule has 5 rings (SSSR count). The van der Waals surface area contributed by atoms with Crippen LogP contribution in [0.3, 0.4) is 0 Å². The van der Waals surface area contributed by atoms with E-state index in [9.17, 15) is 27.9 Å². The Hall–Kier alpha value is -3.96. The number of pyridine rings is 1. The number of nitrogens with one attached hydrogen (secondary N) is 2. The zero-order chi connectivity index (χ0) is 26.4. The Bertz CT molecular complexity index is 1510. The molecule has 1 aliphatic rings. The van der Waals surface area contributed by atoms with Crippen LogP contribution in [0, 0.1) is 0 Å². The maximum atomic E-state index is 13.1. The summed E-state index contributed by atoms with van der Waals surface area (Å²) < 4.78 is 40.0. The number of anilines is 1. The fourth-order valence-electron chi connectivity index (χ4n) is 3.78. The Morgan fingerprint density at radius 3 is 2.57 bits per heavy atom. The maximum absolute atomic E-state index is 13.1. The molecule has 0 radical (unpaired) electrons. The molecule has 37 heavy (non-hydrogen) atoms. The number of nitrogens with zero attached hydrogens (tertiary/aromatic N) is 3. The van der Waals surface area contributed by atoms with Gasteiger partial charge in [-0.3, -0.25) is 9.59 Å². The fourth-order valence-corrected chi connectivity index (χ4v) is 3.99. The van der Waals surface area contributed by atoms with Gasteiger partial charge in [-0.25, -0.2) is 9.67 Å². The summed E-state index contributed by atoms with van der Waals surface area (Å²) in [6.45, 7) is 0.113. The van der Waals surface area contributed by atoms with Gasteiger partial charge in [0.05, 0.1) is 39.9 Å². The number of alkyl halides is 3. The number of carbonyl (C=O) groups is 2. The average Bonchev–Trinajstić information content (AvgIpc) is 3.47. The summed E-state index contributed by atoms with van der Waals surface area (Å²) in [7, 11) is 0. The van der Waals surface area contributed by atoms with Crippen LogP contribution in [0.15, 0.2) is 60.9 Å². The van der Waals surface area contributed by atoms with Crippen LogP contribution in [0.5, 0.6) is 0 Å². The van der Waals surface area contributed by atoms with Crippen molar-refractivity contribution in [2.45, 2.75) is 31.2 Å². The van der Waals surface area contributed by atoms with Crippen LogP contribution in [-0.4, -0.2) is 37.3 Å². The molecule has 2 aromatic heterocycles. The van der Waals surface area contributed by atoms with Crippen molar-refractivity contribution in [2.75, 3.05) is 5.32 Å². The smallest absolute Gasteiger partial charge is 0.380 e. The molecule has 2 heterocycles. The number of benzene rings is 2. The first-order valence-electron chi connectivity index (χ1n) is 11.2. The van der Waals surface area contributed by atoms with E-state index >= 15 is 0 Å². The van der Waals surface area contributed by atoms with Crippen LogP contribution in [0.2, 0.25) is 5.02 Å². The number of fused-ring (bicyclic) bond motifs is 1. The highest BCUT2D eigenvalue weighted by Gasteiger charge is 2.47. The quantitative estimate of drug-likeness (QED) is 0.341. The molecule has 3 N–H and O–H groups in total. The third kappa shape index (κ3) is 5.00. The topological polar surface area (TPSA) is 109 Å². The Labute approximate surface area is 213 Å². The summed E-state index contributed by atoms with van der Waals surface area (Å²) in [5.41, 5.74) is -0.239. The fraction of sp³-hybridized carbons (Fsp3) is 0.200. The van der Waals surface area contributed by atoms with Crippen molar-refractivity contribution in [1.29, 1.82) is 0 Å². The molecule has 1 aliphatic carbocycles. The maximum Gasteiger partial charge on any atom is 0.433 e. The lowest BCUT2D eigenvalue weighted by molar-refractivity contribution is -0.141. The van der Waals surface area contributed by atoms with Crippen LogP contribution in [0.1, 0.15) is 34.5 Å². The summed E-state index contributed by atoms with van der Waals surface area (Å²) in [5, 5.41) is 20.3. The van der Waals surface area contributed by atoms with E-state index in [0.717, 1.165) is 12.3 Å². The van der Waals surface area contributed by atoms with Crippen LogP contribution in [-0.2, 0) is 17.5 Å². The van der Waals surface area contributed by atoms with Gasteiger partial charge in [-0.05, 0) is 54.8 Å². The number of amides is 2. The monoisotopic (exact) mass is 529 g/mol. The van der Waals surface area contributed by atoms with Gasteiger partial charge in [-0.15, -0.1) is 0 Å². The Morgan fingerprint density at radius 2 is 1.89 bits per heavy atom. The number of aromatic nitrogens is 3. The highest BCUT2D eigenvalue weighted by molar-refractivity contribution is 6.34. The van der Waals surface area contributed by atoms with Gasteiger partial charge in [0.15, 0.2) is 0 Å². The summed E-state index contributed by atoms with van der Waals surface area (Å²) >= 11 is 6.26. The molecule has 2 aromatic carbocycles. The molecule has 0 bridgehead atoms. The van der Waals surface area contributed by atoms with Crippen LogP contribution in [0.25, 0.3) is 16.6 Å². The minimum absolute atomic E-state index is 0.113. The Morgan fingerprint density at radius 1 is 1.11 bits per heavy atom. The van der Waals surface area contributed by atoms with E-state index < -0.39 is 29.3 Å². The molecule has 0 saturated heterocycles. The van der Waals surface area contributed by atoms with Crippen molar-refractivity contribution >= 4 is 40.0 Å². The van der Waals surface area contributed by atoms with Gasteiger partial charge in [0.25, 0.3) is 11.8 Å². The molecule has 0 spiro atoms. The zero-order valence-electron chi connectivity index (χ0n) is 19.0. The second-order valence-electron chi connectivity index (χ2n) is 8.68. The number of hydrogen-bond acceptors (Lipinski definition) is 5.